The maximum atomic E-state index is 6.97. The Bertz CT molecular complexity index is 233. The van der Waals surface area contributed by atoms with Gasteiger partial charge in [-0.15, -0.1) is 0 Å². The molecule has 0 rings (SSSR count). The van der Waals surface area contributed by atoms with Crippen molar-refractivity contribution in [3.8, 4) is 0 Å². The van der Waals surface area contributed by atoms with Crippen molar-refractivity contribution in [2.24, 2.45) is 0 Å². The molecule has 23 heavy (non-hydrogen) atoms. The molecule has 0 saturated carbocycles. The van der Waals surface area contributed by atoms with Crippen LogP contribution in [0.15, 0.2) is 0 Å². The molecule has 0 aliphatic carbocycles. The standard InChI is InChI=1S/C18H42O3Si2/c1-7-11-15-22(19-5,16-12-8-2)21-23(20-6,17-13-9-3)18-14-10-4/h7-18H2,1-6H3. The van der Waals surface area contributed by atoms with Crippen LogP contribution in [-0.4, -0.2) is 31.3 Å². The van der Waals surface area contributed by atoms with Crippen LogP contribution in [-0.2, 0) is 13.0 Å². The van der Waals surface area contributed by atoms with Crippen molar-refractivity contribution in [3.05, 3.63) is 0 Å². The minimum Gasteiger partial charge on any atom is -0.414 e. The van der Waals surface area contributed by atoms with E-state index in [1.807, 2.05) is 14.2 Å². The fraction of sp³-hybridized carbons (Fsp3) is 1.00. The van der Waals surface area contributed by atoms with E-state index in [1.54, 1.807) is 0 Å². The van der Waals surface area contributed by atoms with E-state index in [0.29, 0.717) is 0 Å². The fourth-order valence-electron chi connectivity index (χ4n) is 3.07. The normalized spacial score (nSPS) is 12.8. The average molecular weight is 363 g/mol. The van der Waals surface area contributed by atoms with Crippen molar-refractivity contribution in [1.29, 1.82) is 0 Å². The average Bonchev–Trinajstić information content (AvgIpc) is 2.60. The lowest BCUT2D eigenvalue weighted by Crippen LogP contribution is -2.54. The van der Waals surface area contributed by atoms with E-state index >= 15 is 0 Å². The van der Waals surface area contributed by atoms with E-state index in [4.69, 9.17) is 13.0 Å². The first-order valence-corrected chi connectivity index (χ1v) is 14.3. The molecule has 0 amide bonds. The Balaban J connectivity index is 5.24. The summed E-state index contributed by atoms with van der Waals surface area (Å²) in [5.41, 5.74) is 0. The predicted octanol–water partition coefficient (Wildman–Crippen LogP) is 6.38. The summed E-state index contributed by atoms with van der Waals surface area (Å²) in [7, 11) is -0.500. The molecule has 0 aliphatic heterocycles. The SMILES string of the molecule is CCCC[Si](CCCC)(OC)O[Si](CCCC)(CCCC)OC. The van der Waals surface area contributed by atoms with Crippen molar-refractivity contribution in [2.45, 2.75) is 103 Å². The van der Waals surface area contributed by atoms with Crippen LogP contribution in [0, 0.1) is 0 Å². The molecule has 140 valence electrons. The summed E-state index contributed by atoms with van der Waals surface area (Å²) in [6.07, 6.45) is 9.66. The Labute approximate surface area is 148 Å². The quantitative estimate of drug-likeness (QED) is 0.298. The van der Waals surface area contributed by atoms with Gasteiger partial charge in [0.2, 0.25) is 0 Å². The molecule has 0 N–H and O–H groups in total. The highest BCUT2D eigenvalue weighted by Gasteiger charge is 2.46. The Hall–Kier alpha value is 0.314. The molecular weight excluding hydrogens is 320 g/mol. The van der Waals surface area contributed by atoms with Crippen molar-refractivity contribution < 1.29 is 13.0 Å². The number of hydrogen-bond acceptors (Lipinski definition) is 3. The van der Waals surface area contributed by atoms with Crippen LogP contribution in [0.5, 0.6) is 0 Å². The Kier molecular flexibility index (Phi) is 13.8. The summed E-state index contributed by atoms with van der Waals surface area (Å²) in [5.74, 6) is 0. The molecule has 0 heterocycles. The first kappa shape index (κ1) is 23.3. The van der Waals surface area contributed by atoms with Gasteiger partial charge in [-0.1, -0.05) is 79.1 Å². The zero-order chi connectivity index (χ0) is 17.6. The molecule has 0 aromatic carbocycles. The first-order valence-electron chi connectivity index (χ1n) is 9.88. The van der Waals surface area contributed by atoms with Crippen LogP contribution in [0.4, 0.5) is 0 Å². The molecule has 0 spiro atoms. The lowest BCUT2D eigenvalue weighted by atomic mass is 10.4. The molecule has 0 aromatic rings. The second kappa shape index (κ2) is 13.6. The number of unbranched alkanes of at least 4 members (excludes halogenated alkanes) is 4. The summed E-state index contributed by atoms with van der Waals surface area (Å²) in [6, 6.07) is 4.49. The van der Waals surface area contributed by atoms with Crippen LogP contribution in [0.1, 0.15) is 79.1 Å². The third-order valence-corrected chi connectivity index (χ3v) is 13.7. The van der Waals surface area contributed by atoms with E-state index in [0.717, 1.165) is 24.2 Å². The molecule has 3 nitrogen and oxygen atoms in total. The minimum atomic E-state index is -2.13. The van der Waals surface area contributed by atoms with Gasteiger partial charge < -0.3 is 13.0 Å². The van der Waals surface area contributed by atoms with Crippen LogP contribution >= 0.6 is 0 Å². The highest BCUT2D eigenvalue weighted by molar-refractivity contribution is 6.81. The molecule has 0 unspecified atom stereocenters. The fourth-order valence-corrected chi connectivity index (χ4v) is 13.0. The van der Waals surface area contributed by atoms with E-state index in [2.05, 4.69) is 27.7 Å². The minimum absolute atomic E-state index is 1.12. The van der Waals surface area contributed by atoms with Gasteiger partial charge in [-0.05, 0) is 24.2 Å². The maximum Gasteiger partial charge on any atom is 0.329 e. The highest BCUT2D eigenvalue weighted by Crippen LogP contribution is 2.33. The second-order valence-electron chi connectivity index (χ2n) is 6.75. The largest absolute Gasteiger partial charge is 0.414 e. The molecule has 5 heteroatoms. The van der Waals surface area contributed by atoms with Gasteiger partial charge in [0.05, 0.1) is 0 Å². The highest BCUT2D eigenvalue weighted by atomic mass is 28.5. The zero-order valence-corrected chi connectivity index (χ0v) is 18.7. The Morgan fingerprint density at radius 1 is 0.522 bits per heavy atom. The van der Waals surface area contributed by atoms with Gasteiger partial charge in [-0.3, -0.25) is 0 Å². The molecule has 0 aliphatic rings. The van der Waals surface area contributed by atoms with E-state index in [9.17, 15) is 0 Å². The molecule has 0 aromatic heterocycles. The van der Waals surface area contributed by atoms with Crippen molar-refractivity contribution >= 4 is 17.1 Å². The molecule has 0 atom stereocenters. The maximum absolute atomic E-state index is 6.97. The van der Waals surface area contributed by atoms with Gasteiger partial charge >= 0.3 is 17.1 Å². The summed E-state index contributed by atoms with van der Waals surface area (Å²) in [5, 5.41) is 0. The molecule has 0 bridgehead atoms. The Morgan fingerprint density at radius 2 is 0.783 bits per heavy atom. The second-order valence-corrected chi connectivity index (χ2v) is 14.0. The van der Waals surface area contributed by atoms with Gasteiger partial charge in [0.15, 0.2) is 0 Å². The van der Waals surface area contributed by atoms with E-state index in [1.165, 1.54) is 51.4 Å². The third kappa shape index (κ3) is 8.82. The number of hydrogen-bond donors (Lipinski definition) is 0. The predicted molar refractivity (Wildman–Crippen MR) is 105 cm³/mol. The summed E-state index contributed by atoms with van der Waals surface area (Å²) < 4.78 is 19.2. The van der Waals surface area contributed by atoms with Gasteiger partial charge in [-0.2, -0.15) is 0 Å². The lowest BCUT2D eigenvalue weighted by Gasteiger charge is -2.40. The van der Waals surface area contributed by atoms with E-state index in [-0.39, 0.29) is 0 Å². The number of rotatable bonds is 16. The van der Waals surface area contributed by atoms with Gasteiger partial charge in [0, 0.05) is 14.2 Å². The Morgan fingerprint density at radius 3 is 0.957 bits per heavy atom. The van der Waals surface area contributed by atoms with Crippen molar-refractivity contribution in [1.82, 2.24) is 0 Å². The zero-order valence-electron chi connectivity index (χ0n) is 16.7. The molecular formula is C18H42O3Si2. The smallest absolute Gasteiger partial charge is 0.329 e. The molecule has 0 radical (unpaired) electrons. The van der Waals surface area contributed by atoms with Crippen LogP contribution in [0.25, 0.3) is 0 Å². The van der Waals surface area contributed by atoms with E-state index < -0.39 is 17.1 Å². The summed E-state index contributed by atoms with van der Waals surface area (Å²) >= 11 is 0. The van der Waals surface area contributed by atoms with Gasteiger partial charge in [0.25, 0.3) is 0 Å². The van der Waals surface area contributed by atoms with Gasteiger partial charge in [0.1, 0.15) is 0 Å². The monoisotopic (exact) mass is 362 g/mol. The van der Waals surface area contributed by atoms with Gasteiger partial charge in [-0.25, -0.2) is 0 Å². The summed E-state index contributed by atoms with van der Waals surface area (Å²) in [6.45, 7) is 9.02. The topological polar surface area (TPSA) is 27.7 Å². The summed E-state index contributed by atoms with van der Waals surface area (Å²) in [4.78, 5) is 0. The lowest BCUT2D eigenvalue weighted by molar-refractivity contribution is 0.226. The van der Waals surface area contributed by atoms with Crippen LogP contribution < -0.4 is 0 Å². The van der Waals surface area contributed by atoms with Crippen LogP contribution in [0.3, 0.4) is 0 Å². The first-order chi connectivity index (χ1) is 11.1. The molecule has 0 fully saturated rings. The van der Waals surface area contributed by atoms with Crippen molar-refractivity contribution in [2.75, 3.05) is 14.2 Å². The van der Waals surface area contributed by atoms with Crippen molar-refractivity contribution in [3.63, 3.8) is 0 Å². The molecule has 0 saturated heterocycles. The third-order valence-electron chi connectivity index (χ3n) is 4.76. The van der Waals surface area contributed by atoms with Crippen LogP contribution in [0.2, 0.25) is 24.2 Å².